The molecule has 0 spiro atoms. The minimum atomic E-state index is -0.514. The summed E-state index contributed by atoms with van der Waals surface area (Å²) in [6.07, 6.45) is 1.39. The van der Waals surface area contributed by atoms with Gasteiger partial charge >= 0.3 is 5.91 Å². The number of carbonyl (C=O) groups excluding carboxylic acids is 2. The van der Waals surface area contributed by atoms with Crippen molar-refractivity contribution >= 4 is 34.6 Å². The van der Waals surface area contributed by atoms with E-state index in [1.807, 2.05) is 59.2 Å². The highest BCUT2D eigenvalue weighted by Crippen LogP contribution is 2.27. The molecule has 2 aromatic carbocycles. The second kappa shape index (κ2) is 8.01. The molecule has 8 heteroatoms. The van der Waals surface area contributed by atoms with E-state index in [-0.39, 0.29) is 17.4 Å². The van der Waals surface area contributed by atoms with Crippen molar-refractivity contribution in [1.29, 1.82) is 0 Å². The third-order valence-corrected chi connectivity index (χ3v) is 4.88. The van der Waals surface area contributed by atoms with Crippen molar-refractivity contribution in [2.24, 2.45) is 0 Å². The van der Waals surface area contributed by atoms with E-state index in [0.717, 1.165) is 16.7 Å². The predicted octanol–water partition coefficient (Wildman–Crippen LogP) is 3.17. The van der Waals surface area contributed by atoms with Gasteiger partial charge in [0.2, 0.25) is 5.91 Å². The maximum absolute atomic E-state index is 12.1. The summed E-state index contributed by atoms with van der Waals surface area (Å²) in [5, 5.41) is 0.694. The Morgan fingerprint density at radius 2 is 1.75 bits per heavy atom. The van der Waals surface area contributed by atoms with Crippen LogP contribution in [-0.4, -0.2) is 27.1 Å². The van der Waals surface area contributed by atoms with Gasteiger partial charge in [-0.05, 0) is 36.4 Å². The zero-order chi connectivity index (χ0) is 19.3. The van der Waals surface area contributed by atoms with Gasteiger partial charge in [-0.25, -0.2) is 4.98 Å². The second-order valence-electron chi connectivity index (χ2n) is 5.82. The van der Waals surface area contributed by atoms with Crippen LogP contribution in [0.2, 0.25) is 0 Å². The van der Waals surface area contributed by atoms with Gasteiger partial charge in [0.1, 0.15) is 0 Å². The standard InChI is InChI=1S/C20H16N4O3S/c25-18(22-23-19(26)17-11-6-12-27-17)13-28-20-21-15-9-4-5-10-16(15)24(20)14-7-2-1-3-8-14/h1-12H,13H2,(H,22,25)(H,23,26). The number of furan rings is 1. The molecule has 0 unspecified atom stereocenters. The molecular weight excluding hydrogens is 376 g/mol. The van der Waals surface area contributed by atoms with Crippen LogP contribution in [0.3, 0.4) is 0 Å². The smallest absolute Gasteiger partial charge is 0.305 e. The summed E-state index contributed by atoms with van der Waals surface area (Å²) in [7, 11) is 0. The largest absolute Gasteiger partial charge is 0.459 e. The molecule has 0 saturated carbocycles. The summed E-state index contributed by atoms with van der Waals surface area (Å²) in [6, 6.07) is 20.7. The third kappa shape index (κ3) is 3.77. The average Bonchev–Trinajstić information content (AvgIpc) is 3.39. The molecular formula is C20H16N4O3S. The molecule has 2 N–H and O–H groups in total. The van der Waals surface area contributed by atoms with Crippen molar-refractivity contribution in [1.82, 2.24) is 20.4 Å². The normalized spacial score (nSPS) is 10.7. The number of nitrogens with one attached hydrogen (secondary N) is 2. The monoisotopic (exact) mass is 392 g/mol. The van der Waals surface area contributed by atoms with E-state index >= 15 is 0 Å². The number of rotatable bonds is 5. The molecule has 0 bridgehead atoms. The Morgan fingerprint density at radius 3 is 2.54 bits per heavy atom. The Hall–Kier alpha value is -3.52. The molecule has 4 aromatic rings. The highest BCUT2D eigenvalue weighted by atomic mass is 32.2. The summed E-state index contributed by atoms with van der Waals surface area (Å²) in [5.41, 5.74) is 7.47. The first-order valence-corrected chi connectivity index (χ1v) is 9.49. The SMILES string of the molecule is O=C(CSc1nc2ccccc2n1-c1ccccc1)NNC(=O)c1ccco1. The van der Waals surface area contributed by atoms with Crippen LogP contribution in [0.4, 0.5) is 0 Å². The number of fused-ring (bicyclic) bond motifs is 1. The number of thioether (sulfide) groups is 1. The Labute approximate surface area is 164 Å². The summed E-state index contributed by atoms with van der Waals surface area (Å²) in [4.78, 5) is 28.6. The first-order valence-electron chi connectivity index (χ1n) is 8.51. The fraction of sp³-hybridized carbons (Fsp3) is 0.0500. The third-order valence-electron chi connectivity index (χ3n) is 3.94. The minimum Gasteiger partial charge on any atom is -0.459 e. The maximum Gasteiger partial charge on any atom is 0.305 e. The number of hydrazine groups is 1. The van der Waals surface area contributed by atoms with Crippen molar-refractivity contribution in [3.05, 3.63) is 78.8 Å². The molecule has 2 amide bonds. The predicted molar refractivity (Wildman–Crippen MR) is 106 cm³/mol. The number of amides is 2. The van der Waals surface area contributed by atoms with Gasteiger partial charge in [0.15, 0.2) is 10.9 Å². The molecule has 0 aliphatic heterocycles. The lowest BCUT2D eigenvalue weighted by atomic mass is 10.3. The topological polar surface area (TPSA) is 89.2 Å². The average molecular weight is 392 g/mol. The lowest BCUT2D eigenvalue weighted by Gasteiger charge is -2.09. The van der Waals surface area contributed by atoms with Crippen molar-refractivity contribution in [2.75, 3.05) is 5.75 Å². The van der Waals surface area contributed by atoms with E-state index in [1.165, 1.54) is 24.1 Å². The molecule has 0 aliphatic rings. The van der Waals surface area contributed by atoms with E-state index in [4.69, 9.17) is 4.42 Å². The molecule has 7 nitrogen and oxygen atoms in total. The van der Waals surface area contributed by atoms with Crippen LogP contribution >= 0.6 is 11.8 Å². The van der Waals surface area contributed by atoms with Gasteiger partial charge < -0.3 is 4.42 Å². The van der Waals surface area contributed by atoms with Crippen LogP contribution in [0, 0.1) is 0 Å². The van der Waals surface area contributed by atoms with E-state index in [9.17, 15) is 9.59 Å². The number of nitrogens with zero attached hydrogens (tertiary/aromatic N) is 2. The van der Waals surface area contributed by atoms with E-state index in [2.05, 4.69) is 15.8 Å². The number of imidazole rings is 1. The van der Waals surface area contributed by atoms with E-state index < -0.39 is 5.91 Å². The summed E-state index contributed by atoms with van der Waals surface area (Å²) < 4.78 is 6.98. The van der Waals surface area contributed by atoms with Crippen LogP contribution in [0.15, 0.2) is 82.6 Å². The Kier molecular flexibility index (Phi) is 5.11. The molecule has 0 radical (unpaired) electrons. The van der Waals surface area contributed by atoms with Gasteiger partial charge in [-0.3, -0.25) is 25.0 Å². The lowest BCUT2D eigenvalue weighted by Crippen LogP contribution is -2.42. The molecule has 4 rings (SSSR count). The van der Waals surface area contributed by atoms with Crippen LogP contribution in [0.5, 0.6) is 0 Å². The number of hydrogen-bond acceptors (Lipinski definition) is 5. The number of benzene rings is 2. The Bertz CT molecular complexity index is 1110. The fourth-order valence-corrected chi connectivity index (χ4v) is 3.52. The van der Waals surface area contributed by atoms with Gasteiger partial charge in [-0.1, -0.05) is 42.1 Å². The highest BCUT2D eigenvalue weighted by molar-refractivity contribution is 7.99. The summed E-state index contributed by atoms with van der Waals surface area (Å²) in [6.45, 7) is 0. The number of aromatic nitrogens is 2. The minimum absolute atomic E-state index is 0.0919. The van der Waals surface area contributed by atoms with Crippen molar-refractivity contribution in [3.63, 3.8) is 0 Å². The van der Waals surface area contributed by atoms with Crippen LogP contribution in [0.25, 0.3) is 16.7 Å². The second-order valence-corrected chi connectivity index (χ2v) is 6.76. The fourth-order valence-electron chi connectivity index (χ4n) is 2.69. The maximum atomic E-state index is 12.1. The van der Waals surface area contributed by atoms with Gasteiger partial charge in [-0.15, -0.1) is 0 Å². The lowest BCUT2D eigenvalue weighted by molar-refractivity contribution is -0.119. The van der Waals surface area contributed by atoms with Crippen molar-refractivity contribution in [2.45, 2.75) is 5.16 Å². The van der Waals surface area contributed by atoms with E-state index in [0.29, 0.717) is 5.16 Å². The van der Waals surface area contributed by atoms with Crippen molar-refractivity contribution in [3.8, 4) is 5.69 Å². The number of para-hydroxylation sites is 3. The van der Waals surface area contributed by atoms with E-state index in [1.54, 1.807) is 6.07 Å². The van der Waals surface area contributed by atoms with Crippen LogP contribution < -0.4 is 10.9 Å². The van der Waals surface area contributed by atoms with Gasteiger partial charge in [-0.2, -0.15) is 0 Å². The molecule has 0 saturated heterocycles. The van der Waals surface area contributed by atoms with Crippen LogP contribution in [-0.2, 0) is 4.79 Å². The molecule has 0 aliphatic carbocycles. The highest BCUT2D eigenvalue weighted by Gasteiger charge is 2.15. The quantitative estimate of drug-likeness (QED) is 0.402. The Morgan fingerprint density at radius 1 is 0.964 bits per heavy atom. The number of hydrogen-bond donors (Lipinski definition) is 2. The number of carbonyl (C=O) groups is 2. The summed E-state index contributed by atoms with van der Waals surface area (Å²) >= 11 is 1.29. The first-order chi connectivity index (χ1) is 13.7. The molecule has 0 fully saturated rings. The Balaban J connectivity index is 1.47. The zero-order valence-corrected chi connectivity index (χ0v) is 15.5. The zero-order valence-electron chi connectivity index (χ0n) is 14.7. The first kappa shape index (κ1) is 17.9. The molecule has 28 heavy (non-hydrogen) atoms. The van der Waals surface area contributed by atoms with Gasteiger partial charge in [0.05, 0.1) is 23.0 Å². The van der Waals surface area contributed by atoms with Gasteiger partial charge in [0.25, 0.3) is 0 Å². The van der Waals surface area contributed by atoms with Crippen LogP contribution in [0.1, 0.15) is 10.6 Å². The molecule has 0 atom stereocenters. The summed E-state index contributed by atoms with van der Waals surface area (Å²) in [5.74, 6) is -0.649. The van der Waals surface area contributed by atoms with Crippen molar-refractivity contribution < 1.29 is 14.0 Å². The molecule has 2 heterocycles. The molecule has 2 aromatic heterocycles. The molecule has 140 valence electrons. The van der Waals surface area contributed by atoms with Gasteiger partial charge in [0, 0.05) is 5.69 Å².